The number of rotatable bonds is 2. The van der Waals surface area contributed by atoms with E-state index in [1.54, 1.807) is 0 Å². The molecule has 0 bridgehead atoms. The Morgan fingerprint density at radius 1 is 1.60 bits per heavy atom. The first-order valence-electron chi connectivity index (χ1n) is 5.37. The number of ether oxygens (including phenoxy) is 2. The molecule has 0 aromatic heterocycles. The van der Waals surface area contributed by atoms with Crippen LogP contribution >= 0.6 is 0 Å². The summed E-state index contributed by atoms with van der Waals surface area (Å²) in [5, 5.41) is 9.04. The van der Waals surface area contributed by atoms with Gasteiger partial charge in [0, 0.05) is 19.0 Å². The molecule has 0 aliphatic carbocycles. The zero-order valence-corrected chi connectivity index (χ0v) is 8.89. The van der Waals surface area contributed by atoms with Crippen molar-refractivity contribution in [2.45, 2.75) is 31.5 Å². The van der Waals surface area contributed by atoms with Crippen LogP contribution in [0.15, 0.2) is 0 Å². The van der Waals surface area contributed by atoms with Crippen LogP contribution in [0.2, 0.25) is 0 Å². The Morgan fingerprint density at radius 3 is 3.00 bits per heavy atom. The third-order valence-corrected chi connectivity index (χ3v) is 3.07. The maximum Gasteiger partial charge on any atom is 0.323 e. The molecule has 2 heterocycles. The molecule has 0 aromatic rings. The van der Waals surface area contributed by atoms with Crippen molar-refractivity contribution in [3.8, 4) is 0 Å². The van der Waals surface area contributed by atoms with Gasteiger partial charge < -0.3 is 14.6 Å². The fourth-order valence-electron chi connectivity index (χ4n) is 2.17. The number of morpholine rings is 1. The van der Waals surface area contributed by atoms with Crippen molar-refractivity contribution in [1.29, 1.82) is 0 Å². The number of nitrogens with zero attached hydrogens (tertiary/aromatic N) is 1. The Hall–Kier alpha value is -0.650. The summed E-state index contributed by atoms with van der Waals surface area (Å²) in [6.45, 7) is 3.72. The number of esters is 1. The van der Waals surface area contributed by atoms with Crippen molar-refractivity contribution in [2.24, 2.45) is 0 Å². The second kappa shape index (κ2) is 4.47. The predicted molar refractivity (Wildman–Crippen MR) is 52.4 cm³/mol. The number of aliphatic hydroxyl groups excluding tert-OH is 1. The van der Waals surface area contributed by atoms with E-state index in [-0.39, 0.29) is 30.8 Å². The zero-order chi connectivity index (χ0) is 10.8. The number of cyclic esters (lactones) is 1. The predicted octanol–water partition coefficient (Wildman–Crippen LogP) is -0.617. The molecule has 86 valence electrons. The van der Waals surface area contributed by atoms with E-state index in [1.165, 1.54) is 0 Å². The number of hydrogen-bond acceptors (Lipinski definition) is 5. The van der Waals surface area contributed by atoms with Crippen molar-refractivity contribution < 1.29 is 19.4 Å². The molecule has 0 spiro atoms. The van der Waals surface area contributed by atoms with Crippen LogP contribution in [-0.2, 0) is 14.3 Å². The molecule has 15 heavy (non-hydrogen) atoms. The highest BCUT2D eigenvalue weighted by Gasteiger charge is 2.38. The molecule has 2 rings (SSSR count). The number of carbonyl (C=O) groups is 1. The summed E-state index contributed by atoms with van der Waals surface area (Å²) >= 11 is 0. The summed E-state index contributed by atoms with van der Waals surface area (Å²) in [6, 6.07) is 0.0707. The van der Waals surface area contributed by atoms with Crippen LogP contribution in [0.3, 0.4) is 0 Å². The summed E-state index contributed by atoms with van der Waals surface area (Å²) in [5.74, 6) is -0.138. The Morgan fingerprint density at radius 2 is 2.40 bits per heavy atom. The summed E-state index contributed by atoms with van der Waals surface area (Å²) in [4.78, 5) is 13.5. The van der Waals surface area contributed by atoms with Gasteiger partial charge in [0.25, 0.3) is 0 Å². The first-order valence-corrected chi connectivity index (χ1v) is 5.37. The van der Waals surface area contributed by atoms with Crippen LogP contribution in [0, 0.1) is 0 Å². The molecule has 2 aliphatic heterocycles. The van der Waals surface area contributed by atoms with Crippen LogP contribution in [0.25, 0.3) is 0 Å². The minimum absolute atomic E-state index is 0.00495. The molecule has 3 atom stereocenters. The number of aliphatic hydroxyl groups is 1. The summed E-state index contributed by atoms with van der Waals surface area (Å²) in [7, 11) is 0. The standard InChI is InChI=1S/C10H17NO4/c1-7-6-15-8(5-12)4-11(7)9-2-3-14-10(9)13/h7-9,12H,2-6H2,1H3. The fourth-order valence-corrected chi connectivity index (χ4v) is 2.17. The van der Waals surface area contributed by atoms with Crippen molar-refractivity contribution in [3.63, 3.8) is 0 Å². The fraction of sp³-hybridized carbons (Fsp3) is 0.900. The van der Waals surface area contributed by atoms with E-state index in [0.717, 1.165) is 6.42 Å². The van der Waals surface area contributed by atoms with Crippen molar-refractivity contribution >= 4 is 5.97 Å². The van der Waals surface area contributed by atoms with Gasteiger partial charge in [0.1, 0.15) is 6.04 Å². The molecule has 5 heteroatoms. The molecular formula is C10H17NO4. The van der Waals surface area contributed by atoms with Crippen LogP contribution in [0.1, 0.15) is 13.3 Å². The molecule has 0 radical (unpaired) electrons. The minimum atomic E-state index is -0.172. The van der Waals surface area contributed by atoms with E-state index in [4.69, 9.17) is 14.6 Å². The summed E-state index contributed by atoms with van der Waals surface area (Å²) in [5.41, 5.74) is 0. The lowest BCUT2D eigenvalue weighted by atomic mass is 10.1. The van der Waals surface area contributed by atoms with E-state index in [1.807, 2.05) is 6.92 Å². The molecule has 5 nitrogen and oxygen atoms in total. The van der Waals surface area contributed by atoms with E-state index in [2.05, 4.69) is 4.90 Å². The lowest BCUT2D eigenvalue weighted by molar-refractivity contribution is -0.148. The number of carbonyl (C=O) groups excluding carboxylic acids is 1. The van der Waals surface area contributed by atoms with E-state index in [0.29, 0.717) is 19.8 Å². The smallest absolute Gasteiger partial charge is 0.323 e. The molecule has 0 saturated carbocycles. The Bertz CT molecular complexity index is 246. The maximum atomic E-state index is 11.4. The van der Waals surface area contributed by atoms with Gasteiger partial charge in [-0.05, 0) is 6.92 Å². The van der Waals surface area contributed by atoms with Gasteiger partial charge in [0.2, 0.25) is 0 Å². The van der Waals surface area contributed by atoms with Crippen molar-refractivity contribution in [1.82, 2.24) is 4.90 Å². The van der Waals surface area contributed by atoms with Crippen LogP contribution in [-0.4, -0.2) is 60.5 Å². The van der Waals surface area contributed by atoms with Crippen molar-refractivity contribution in [3.05, 3.63) is 0 Å². The largest absolute Gasteiger partial charge is 0.464 e. The lowest BCUT2D eigenvalue weighted by Gasteiger charge is -2.39. The topological polar surface area (TPSA) is 59.0 Å². The average Bonchev–Trinajstić information content (AvgIpc) is 2.65. The highest BCUT2D eigenvalue weighted by Crippen LogP contribution is 2.21. The van der Waals surface area contributed by atoms with E-state index in [9.17, 15) is 4.79 Å². The third kappa shape index (κ3) is 2.14. The van der Waals surface area contributed by atoms with Gasteiger partial charge in [-0.15, -0.1) is 0 Å². The molecule has 0 amide bonds. The molecule has 2 aliphatic rings. The third-order valence-electron chi connectivity index (χ3n) is 3.07. The van der Waals surface area contributed by atoms with Gasteiger partial charge in [-0.2, -0.15) is 0 Å². The van der Waals surface area contributed by atoms with Gasteiger partial charge in [-0.1, -0.05) is 0 Å². The lowest BCUT2D eigenvalue weighted by Crippen LogP contribution is -2.54. The average molecular weight is 215 g/mol. The molecule has 3 unspecified atom stereocenters. The Kier molecular flexibility index (Phi) is 3.23. The van der Waals surface area contributed by atoms with Crippen LogP contribution in [0.4, 0.5) is 0 Å². The Balaban J connectivity index is 2.01. The van der Waals surface area contributed by atoms with Gasteiger partial charge in [-0.3, -0.25) is 9.69 Å². The van der Waals surface area contributed by atoms with Gasteiger partial charge >= 0.3 is 5.97 Å². The molecule has 2 saturated heterocycles. The highest BCUT2D eigenvalue weighted by atomic mass is 16.5. The molecule has 2 fully saturated rings. The van der Waals surface area contributed by atoms with E-state index < -0.39 is 0 Å². The molecule has 0 aromatic carbocycles. The second-order valence-corrected chi connectivity index (χ2v) is 4.16. The molecule has 1 N–H and O–H groups in total. The van der Waals surface area contributed by atoms with Crippen LogP contribution in [0.5, 0.6) is 0 Å². The maximum absolute atomic E-state index is 11.4. The first-order chi connectivity index (χ1) is 7.22. The Labute approximate surface area is 89.0 Å². The second-order valence-electron chi connectivity index (χ2n) is 4.16. The van der Waals surface area contributed by atoms with Crippen LogP contribution < -0.4 is 0 Å². The summed E-state index contributed by atoms with van der Waals surface area (Å²) < 4.78 is 10.4. The number of hydrogen-bond donors (Lipinski definition) is 1. The monoisotopic (exact) mass is 215 g/mol. The minimum Gasteiger partial charge on any atom is -0.464 e. The van der Waals surface area contributed by atoms with E-state index >= 15 is 0 Å². The highest BCUT2D eigenvalue weighted by molar-refractivity contribution is 5.77. The van der Waals surface area contributed by atoms with Gasteiger partial charge in [-0.25, -0.2) is 0 Å². The molecular weight excluding hydrogens is 198 g/mol. The van der Waals surface area contributed by atoms with Gasteiger partial charge in [0.15, 0.2) is 0 Å². The quantitative estimate of drug-likeness (QED) is 0.622. The normalized spacial score (nSPS) is 38.0. The zero-order valence-electron chi connectivity index (χ0n) is 8.89. The first kappa shape index (κ1) is 10.9. The summed E-state index contributed by atoms with van der Waals surface area (Å²) in [6.07, 6.45) is 0.580. The van der Waals surface area contributed by atoms with Gasteiger partial charge in [0.05, 0.1) is 25.9 Å². The van der Waals surface area contributed by atoms with Crippen molar-refractivity contribution in [2.75, 3.05) is 26.4 Å². The SMILES string of the molecule is CC1COC(CO)CN1C1CCOC1=O.